The third-order valence-electron chi connectivity index (χ3n) is 5.24. The summed E-state index contributed by atoms with van der Waals surface area (Å²) in [5.74, 6) is -0.666. The highest BCUT2D eigenvalue weighted by molar-refractivity contribution is 5.97. The van der Waals surface area contributed by atoms with Gasteiger partial charge in [0.2, 0.25) is 5.91 Å². The molecule has 2 heterocycles. The number of benzene rings is 2. The van der Waals surface area contributed by atoms with Gasteiger partial charge in [0.05, 0.1) is 18.5 Å². The van der Waals surface area contributed by atoms with Gasteiger partial charge < -0.3 is 19.7 Å². The van der Waals surface area contributed by atoms with Crippen LogP contribution >= 0.6 is 0 Å². The molecule has 0 fully saturated rings. The number of halogens is 1. The van der Waals surface area contributed by atoms with Crippen molar-refractivity contribution in [3.05, 3.63) is 71.8 Å². The van der Waals surface area contributed by atoms with Crippen molar-refractivity contribution < 1.29 is 23.5 Å². The van der Waals surface area contributed by atoms with Crippen LogP contribution in [0.5, 0.6) is 11.5 Å². The molecule has 166 valence electrons. The Morgan fingerprint density at radius 1 is 1.19 bits per heavy atom. The fourth-order valence-electron chi connectivity index (χ4n) is 3.68. The van der Waals surface area contributed by atoms with Crippen LogP contribution in [-0.4, -0.2) is 46.8 Å². The van der Waals surface area contributed by atoms with E-state index in [0.717, 1.165) is 5.56 Å². The SMILES string of the molecule is COc1ccccc1NC(=O)[C@H]1CN(C(=O)COc2ccc(F)cc2)Cc2cn(C)nc21. The number of amides is 2. The van der Waals surface area contributed by atoms with Gasteiger partial charge in [-0.3, -0.25) is 14.3 Å². The van der Waals surface area contributed by atoms with Crippen LogP contribution < -0.4 is 14.8 Å². The standard InChI is InChI=1S/C23H23FN4O4/c1-27-11-15-12-28(21(29)14-32-17-9-7-16(24)8-10-17)13-18(22(15)26-27)23(30)25-19-5-3-4-6-20(19)31-2/h3-11,18H,12-14H2,1-2H3,(H,25,30)/t18-/m0/s1. The van der Waals surface area contributed by atoms with Gasteiger partial charge in [0.1, 0.15) is 23.2 Å². The van der Waals surface area contributed by atoms with Crippen LogP contribution in [-0.2, 0) is 23.2 Å². The number of methoxy groups -OCH3 is 1. The molecular formula is C23H23FN4O4. The minimum absolute atomic E-state index is 0.163. The molecule has 0 aliphatic carbocycles. The van der Waals surface area contributed by atoms with Gasteiger partial charge in [-0.1, -0.05) is 12.1 Å². The first kappa shape index (κ1) is 21.4. The molecule has 2 amide bonds. The number of carbonyl (C=O) groups excluding carboxylic acids is 2. The predicted molar refractivity (Wildman–Crippen MR) is 115 cm³/mol. The largest absolute Gasteiger partial charge is 0.495 e. The minimum Gasteiger partial charge on any atom is -0.495 e. The molecule has 0 bridgehead atoms. The van der Waals surface area contributed by atoms with E-state index in [9.17, 15) is 14.0 Å². The molecule has 0 spiro atoms. The second kappa shape index (κ2) is 9.09. The van der Waals surface area contributed by atoms with E-state index in [-0.39, 0.29) is 30.8 Å². The molecule has 1 aliphatic heterocycles. The van der Waals surface area contributed by atoms with Crippen molar-refractivity contribution >= 4 is 17.5 Å². The van der Waals surface area contributed by atoms with Crippen molar-refractivity contribution in [3.63, 3.8) is 0 Å². The second-order valence-corrected chi connectivity index (χ2v) is 7.47. The molecule has 1 aromatic heterocycles. The smallest absolute Gasteiger partial charge is 0.260 e. The topological polar surface area (TPSA) is 85.7 Å². The van der Waals surface area contributed by atoms with E-state index in [0.29, 0.717) is 29.4 Å². The van der Waals surface area contributed by atoms with Crippen LogP contribution in [0.25, 0.3) is 0 Å². The van der Waals surface area contributed by atoms with Crippen molar-refractivity contribution in [2.75, 3.05) is 25.6 Å². The number of hydrogen-bond acceptors (Lipinski definition) is 5. The fourth-order valence-corrected chi connectivity index (χ4v) is 3.68. The Hall–Kier alpha value is -3.88. The molecule has 0 radical (unpaired) electrons. The van der Waals surface area contributed by atoms with Gasteiger partial charge in [-0.05, 0) is 36.4 Å². The molecule has 2 aromatic carbocycles. The van der Waals surface area contributed by atoms with Crippen LogP contribution in [0.2, 0.25) is 0 Å². The summed E-state index contributed by atoms with van der Waals surface area (Å²) in [5.41, 5.74) is 1.98. The van der Waals surface area contributed by atoms with Gasteiger partial charge in [-0.15, -0.1) is 0 Å². The lowest BCUT2D eigenvalue weighted by Crippen LogP contribution is -2.43. The van der Waals surface area contributed by atoms with Crippen LogP contribution in [0.3, 0.4) is 0 Å². The highest BCUT2D eigenvalue weighted by Gasteiger charge is 2.35. The highest BCUT2D eigenvalue weighted by atomic mass is 19.1. The molecule has 1 atom stereocenters. The van der Waals surface area contributed by atoms with Gasteiger partial charge in [0.25, 0.3) is 5.91 Å². The monoisotopic (exact) mass is 438 g/mol. The normalized spacial score (nSPS) is 15.1. The maximum Gasteiger partial charge on any atom is 0.260 e. The maximum absolute atomic E-state index is 13.2. The Morgan fingerprint density at radius 3 is 2.69 bits per heavy atom. The molecule has 0 saturated carbocycles. The Balaban J connectivity index is 1.50. The number of nitrogens with one attached hydrogen (secondary N) is 1. The van der Waals surface area contributed by atoms with Gasteiger partial charge in [-0.2, -0.15) is 5.10 Å². The third-order valence-corrected chi connectivity index (χ3v) is 5.24. The Labute approximate surface area is 184 Å². The highest BCUT2D eigenvalue weighted by Crippen LogP contribution is 2.30. The lowest BCUT2D eigenvalue weighted by Gasteiger charge is -2.31. The zero-order chi connectivity index (χ0) is 22.7. The fraction of sp³-hybridized carbons (Fsp3) is 0.261. The van der Waals surface area contributed by atoms with E-state index in [1.807, 2.05) is 6.07 Å². The van der Waals surface area contributed by atoms with Gasteiger partial charge in [0.15, 0.2) is 6.61 Å². The molecule has 9 heteroatoms. The lowest BCUT2D eigenvalue weighted by molar-refractivity contribution is -0.135. The van der Waals surface area contributed by atoms with Gasteiger partial charge in [0, 0.05) is 31.9 Å². The van der Waals surface area contributed by atoms with Crippen LogP contribution in [0.15, 0.2) is 54.7 Å². The van der Waals surface area contributed by atoms with Gasteiger partial charge >= 0.3 is 0 Å². The molecule has 8 nitrogen and oxygen atoms in total. The van der Waals surface area contributed by atoms with E-state index < -0.39 is 5.92 Å². The zero-order valence-electron chi connectivity index (χ0n) is 17.7. The quantitative estimate of drug-likeness (QED) is 0.640. The number of aromatic nitrogens is 2. The number of hydrogen-bond donors (Lipinski definition) is 1. The summed E-state index contributed by atoms with van der Waals surface area (Å²) in [7, 11) is 3.31. The Kier molecular flexibility index (Phi) is 6.07. The zero-order valence-corrected chi connectivity index (χ0v) is 17.7. The molecule has 4 rings (SSSR count). The lowest BCUT2D eigenvalue weighted by atomic mass is 9.95. The van der Waals surface area contributed by atoms with Crippen molar-refractivity contribution in [2.24, 2.45) is 7.05 Å². The molecule has 0 unspecified atom stereocenters. The number of carbonyl (C=O) groups is 2. The van der Waals surface area contributed by atoms with Gasteiger partial charge in [-0.25, -0.2) is 4.39 Å². The Morgan fingerprint density at radius 2 is 1.94 bits per heavy atom. The summed E-state index contributed by atoms with van der Waals surface area (Å²) >= 11 is 0. The summed E-state index contributed by atoms with van der Waals surface area (Å²) < 4.78 is 25.5. The van der Waals surface area contributed by atoms with Crippen molar-refractivity contribution in [1.29, 1.82) is 0 Å². The van der Waals surface area contributed by atoms with E-state index in [1.54, 1.807) is 41.0 Å². The number of anilines is 1. The number of fused-ring (bicyclic) bond motifs is 1. The number of aryl methyl sites for hydroxylation is 1. The molecule has 3 aromatic rings. The number of nitrogens with zero attached hydrogens (tertiary/aromatic N) is 3. The summed E-state index contributed by atoms with van der Waals surface area (Å²) in [5, 5.41) is 7.34. The average Bonchev–Trinajstić information content (AvgIpc) is 3.18. The first-order valence-corrected chi connectivity index (χ1v) is 10.1. The Bertz CT molecular complexity index is 1130. The van der Waals surface area contributed by atoms with E-state index in [4.69, 9.17) is 9.47 Å². The van der Waals surface area contributed by atoms with Crippen LogP contribution in [0, 0.1) is 5.82 Å². The van der Waals surface area contributed by atoms with Crippen molar-refractivity contribution in [1.82, 2.24) is 14.7 Å². The number of rotatable bonds is 6. The molecule has 1 aliphatic rings. The maximum atomic E-state index is 13.2. The van der Waals surface area contributed by atoms with E-state index in [1.165, 1.54) is 31.4 Å². The van der Waals surface area contributed by atoms with Crippen molar-refractivity contribution in [2.45, 2.75) is 12.5 Å². The van der Waals surface area contributed by atoms with Crippen LogP contribution in [0.1, 0.15) is 17.2 Å². The minimum atomic E-state index is -0.653. The van der Waals surface area contributed by atoms with E-state index >= 15 is 0 Å². The summed E-state index contributed by atoms with van der Waals surface area (Å²) in [6.07, 6.45) is 1.80. The molecule has 0 saturated heterocycles. The summed E-state index contributed by atoms with van der Waals surface area (Å²) in [6.45, 7) is 0.270. The predicted octanol–water partition coefficient (Wildman–Crippen LogP) is 2.71. The van der Waals surface area contributed by atoms with Crippen molar-refractivity contribution in [3.8, 4) is 11.5 Å². The molecular weight excluding hydrogens is 415 g/mol. The number of para-hydroxylation sites is 2. The van der Waals surface area contributed by atoms with E-state index in [2.05, 4.69) is 10.4 Å². The number of ether oxygens (including phenoxy) is 2. The average molecular weight is 438 g/mol. The summed E-state index contributed by atoms with van der Waals surface area (Å²) in [4.78, 5) is 27.6. The molecule has 1 N–H and O–H groups in total. The first-order chi connectivity index (χ1) is 15.4. The molecule has 32 heavy (non-hydrogen) atoms. The summed E-state index contributed by atoms with van der Waals surface area (Å²) in [6, 6.07) is 12.6. The second-order valence-electron chi connectivity index (χ2n) is 7.47. The third kappa shape index (κ3) is 4.56. The first-order valence-electron chi connectivity index (χ1n) is 10.1. The van der Waals surface area contributed by atoms with Crippen LogP contribution in [0.4, 0.5) is 10.1 Å².